The van der Waals surface area contributed by atoms with Gasteiger partial charge in [0.15, 0.2) is 0 Å². The minimum atomic E-state index is -0.373. The molecule has 2 rings (SSSR count). The maximum atomic E-state index is 10.9. The Balaban J connectivity index is 2.38. The first-order valence-electron chi connectivity index (χ1n) is 3.84. The van der Waals surface area contributed by atoms with Crippen LogP contribution in [0.25, 0.3) is 10.4 Å². The lowest BCUT2D eigenvalue weighted by Gasteiger charge is -1.88. The Hall–Kier alpha value is -0.780. The van der Waals surface area contributed by atoms with E-state index in [-0.39, 0.29) is 5.91 Å². The summed E-state index contributed by atoms with van der Waals surface area (Å²) in [5, 5.41) is 2.01. The lowest BCUT2D eigenvalue weighted by atomic mass is 10.3. The van der Waals surface area contributed by atoms with Crippen molar-refractivity contribution in [3.8, 4) is 10.4 Å². The van der Waals surface area contributed by atoms with E-state index in [1.54, 1.807) is 17.4 Å². The monoisotopic (exact) mass is 241 g/mol. The second-order valence-electron chi connectivity index (χ2n) is 2.70. The van der Waals surface area contributed by atoms with E-state index in [2.05, 4.69) is 12.6 Å². The summed E-state index contributed by atoms with van der Waals surface area (Å²) in [5.41, 5.74) is 6.26. The number of primary amides is 1. The van der Waals surface area contributed by atoms with E-state index in [9.17, 15) is 4.79 Å². The van der Waals surface area contributed by atoms with Gasteiger partial charge in [-0.15, -0.1) is 35.3 Å². The highest BCUT2D eigenvalue weighted by Gasteiger charge is 2.07. The lowest BCUT2D eigenvalue weighted by Crippen LogP contribution is -2.07. The fourth-order valence-corrected chi connectivity index (χ4v) is 2.93. The zero-order chi connectivity index (χ0) is 10.1. The molecule has 2 aromatic rings. The second kappa shape index (κ2) is 3.76. The van der Waals surface area contributed by atoms with Crippen molar-refractivity contribution in [3.63, 3.8) is 0 Å². The predicted octanol–water partition coefficient (Wildman–Crippen LogP) is 2.86. The number of carbonyl (C=O) groups is 1. The van der Waals surface area contributed by atoms with Gasteiger partial charge in [0.1, 0.15) is 0 Å². The molecule has 0 aliphatic heterocycles. The zero-order valence-corrected chi connectivity index (χ0v) is 9.59. The number of thiophene rings is 2. The van der Waals surface area contributed by atoms with Crippen LogP contribution < -0.4 is 5.73 Å². The van der Waals surface area contributed by atoms with E-state index in [4.69, 9.17) is 5.73 Å². The predicted molar refractivity (Wildman–Crippen MR) is 63.4 cm³/mol. The van der Waals surface area contributed by atoms with Gasteiger partial charge in [0.05, 0.1) is 9.09 Å². The molecule has 2 heterocycles. The number of amides is 1. The van der Waals surface area contributed by atoms with Gasteiger partial charge in [-0.25, -0.2) is 0 Å². The highest BCUT2D eigenvalue weighted by atomic mass is 32.2. The molecular weight excluding hydrogens is 234 g/mol. The minimum Gasteiger partial charge on any atom is -0.365 e. The van der Waals surface area contributed by atoms with Gasteiger partial charge in [-0.2, -0.15) is 0 Å². The van der Waals surface area contributed by atoms with Crippen LogP contribution in [-0.4, -0.2) is 5.91 Å². The molecule has 0 atom stereocenters. The van der Waals surface area contributed by atoms with Gasteiger partial charge in [-0.1, -0.05) is 0 Å². The molecule has 5 heteroatoms. The number of carbonyl (C=O) groups excluding carboxylic acids is 1. The van der Waals surface area contributed by atoms with E-state index in [0.717, 1.165) is 14.6 Å². The lowest BCUT2D eigenvalue weighted by molar-refractivity contribution is 0.100. The van der Waals surface area contributed by atoms with Crippen molar-refractivity contribution in [2.24, 2.45) is 5.73 Å². The average Bonchev–Trinajstić information content (AvgIpc) is 2.70. The van der Waals surface area contributed by atoms with E-state index in [1.165, 1.54) is 11.3 Å². The molecule has 0 bridgehead atoms. The summed E-state index contributed by atoms with van der Waals surface area (Å²) in [7, 11) is 0. The van der Waals surface area contributed by atoms with E-state index >= 15 is 0 Å². The summed E-state index contributed by atoms with van der Waals surface area (Å²) in [5.74, 6) is -0.373. The van der Waals surface area contributed by atoms with E-state index in [0.29, 0.717) is 4.88 Å². The van der Waals surface area contributed by atoms with E-state index in [1.807, 2.05) is 17.5 Å². The molecule has 1 amide bonds. The smallest absolute Gasteiger partial charge is 0.258 e. The Morgan fingerprint density at radius 2 is 2.21 bits per heavy atom. The average molecular weight is 241 g/mol. The van der Waals surface area contributed by atoms with Crippen LogP contribution in [-0.2, 0) is 0 Å². The van der Waals surface area contributed by atoms with Crippen molar-refractivity contribution in [2.45, 2.75) is 4.21 Å². The van der Waals surface area contributed by atoms with Crippen LogP contribution in [0.3, 0.4) is 0 Å². The summed E-state index contributed by atoms with van der Waals surface area (Å²) >= 11 is 7.21. The highest BCUT2D eigenvalue weighted by molar-refractivity contribution is 7.82. The van der Waals surface area contributed by atoms with Gasteiger partial charge in [-0.3, -0.25) is 4.79 Å². The molecule has 72 valence electrons. The molecule has 2 aromatic heterocycles. The van der Waals surface area contributed by atoms with Crippen molar-refractivity contribution in [3.05, 3.63) is 28.5 Å². The molecule has 0 radical (unpaired) electrons. The molecule has 2 nitrogen and oxygen atoms in total. The van der Waals surface area contributed by atoms with Crippen molar-refractivity contribution >= 4 is 41.2 Å². The first kappa shape index (κ1) is 9.76. The highest BCUT2D eigenvalue weighted by Crippen LogP contribution is 2.32. The van der Waals surface area contributed by atoms with Crippen molar-refractivity contribution in [1.82, 2.24) is 0 Å². The van der Waals surface area contributed by atoms with E-state index < -0.39 is 0 Å². The second-order valence-corrected chi connectivity index (χ2v) is 5.48. The molecular formula is C9H7NOS3. The minimum absolute atomic E-state index is 0.373. The first-order chi connectivity index (χ1) is 6.66. The molecule has 0 aromatic carbocycles. The third kappa shape index (κ3) is 1.84. The number of hydrogen-bond acceptors (Lipinski definition) is 4. The van der Waals surface area contributed by atoms with Crippen LogP contribution in [0.4, 0.5) is 0 Å². The van der Waals surface area contributed by atoms with Crippen LogP contribution in [0.5, 0.6) is 0 Å². The number of rotatable bonds is 2. The zero-order valence-electron chi connectivity index (χ0n) is 7.06. The SMILES string of the molecule is NC(=O)c1ccc(-c2csc(S)c2)s1. The molecule has 0 fully saturated rings. The molecule has 0 saturated carbocycles. The Labute approximate surface area is 94.8 Å². The van der Waals surface area contributed by atoms with Gasteiger partial charge in [0.2, 0.25) is 0 Å². The molecule has 0 aliphatic carbocycles. The quantitative estimate of drug-likeness (QED) is 0.780. The summed E-state index contributed by atoms with van der Waals surface area (Å²) in [6.45, 7) is 0. The van der Waals surface area contributed by atoms with Crippen LogP contribution in [0.1, 0.15) is 9.67 Å². The molecule has 0 saturated heterocycles. The third-order valence-corrected chi connectivity index (χ3v) is 4.04. The number of hydrogen-bond donors (Lipinski definition) is 2. The van der Waals surface area contributed by atoms with Crippen molar-refractivity contribution in [1.29, 1.82) is 0 Å². The van der Waals surface area contributed by atoms with Crippen LogP contribution in [0.15, 0.2) is 27.8 Å². The molecule has 14 heavy (non-hydrogen) atoms. The summed E-state index contributed by atoms with van der Waals surface area (Å²) in [6, 6.07) is 5.63. The largest absolute Gasteiger partial charge is 0.365 e. The molecule has 0 unspecified atom stereocenters. The topological polar surface area (TPSA) is 43.1 Å². The molecule has 0 spiro atoms. The van der Waals surface area contributed by atoms with Gasteiger partial charge < -0.3 is 5.73 Å². The maximum Gasteiger partial charge on any atom is 0.258 e. The third-order valence-electron chi connectivity index (χ3n) is 1.72. The summed E-state index contributed by atoms with van der Waals surface area (Å²) in [6.07, 6.45) is 0. The number of nitrogens with two attached hydrogens (primary N) is 1. The first-order valence-corrected chi connectivity index (χ1v) is 5.98. The summed E-state index contributed by atoms with van der Waals surface area (Å²) in [4.78, 5) is 12.5. The Morgan fingerprint density at radius 3 is 2.71 bits per heavy atom. The molecule has 0 aliphatic rings. The normalized spacial score (nSPS) is 10.4. The standard InChI is InChI=1S/C9H7NOS3/c10-9(11)7-2-1-6(14-7)5-3-8(12)13-4-5/h1-4,12H,(H2,10,11). The Bertz CT molecular complexity index is 472. The Kier molecular flexibility index (Phi) is 2.62. The fraction of sp³-hybridized carbons (Fsp3) is 0. The van der Waals surface area contributed by atoms with Crippen molar-refractivity contribution < 1.29 is 4.79 Å². The fourth-order valence-electron chi connectivity index (χ4n) is 1.08. The number of thiol groups is 1. The maximum absolute atomic E-state index is 10.9. The van der Waals surface area contributed by atoms with Crippen LogP contribution in [0.2, 0.25) is 0 Å². The van der Waals surface area contributed by atoms with Crippen molar-refractivity contribution in [2.75, 3.05) is 0 Å². The van der Waals surface area contributed by atoms with Gasteiger partial charge in [0.25, 0.3) is 5.91 Å². The van der Waals surface area contributed by atoms with Gasteiger partial charge >= 0.3 is 0 Å². The van der Waals surface area contributed by atoms with Gasteiger partial charge in [0, 0.05) is 15.8 Å². The van der Waals surface area contributed by atoms with Gasteiger partial charge in [-0.05, 0) is 18.2 Å². The van der Waals surface area contributed by atoms with Crippen LogP contribution >= 0.6 is 35.3 Å². The van der Waals surface area contributed by atoms with Crippen LogP contribution in [0, 0.1) is 0 Å². The summed E-state index contributed by atoms with van der Waals surface area (Å²) < 4.78 is 0.967. The Morgan fingerprint density at radius 1 is 1.43 bits per heavy atom. The molecule has 2 N–H and O–H groups in total.